The summed E-state index contributed by atoms with van der Waals surface area (Å²) in [4.78, 5) is 1.20. The van der Waals surface area contributed by atoms with Crippen LogP contribution in [0.4, 0.5) is 4.39 Å². The lowest BCUT2D eigenvalue weighted by Crippen LogP contribution is -1.88. The lowest BCUT2D eigenvalue weighted by atomic mass is 9.99. The van der Waals surface area contributed by atoms with Gasteiger partial charge < -0.3 is 0 Å². The topological polar surface area (TPSA) is 17.3 Å². The van der Waals surface area contributed by atoms with Crippen LogP contribution in [0, 0.1) is 5.82 Å². The van der Waals surface area contributed by atoms with E-state index >= 15 is 0 Å². The van der Waals surface area contributed by atoms with Crippen LogP contribution in [0.25, 0.3) is 27.9 Å². The highest BCUT2D eigenvalue weighted by molar-refractivity contribution is 7.98. The van der Waals surface area contributed by atoms with Crippen LogP contribution in [-0.4, -0.2) is 15.9 Å². The second kappa shape index (κ2) is 6.13. The minimum atomic E-state index is -0.261. The zero-order valence-electron chi connectivity index (χ0n) is 13.1. The number of nitrogens with zero attached hydrogens (tertiary/aromatic N) is 2. The van der Waals surface area contributed by atoms with Crippen molar-refractivity contribution in [2.45, 2.75) is 4.90 Å². The van der Waals surface area contributed by atoms with Gasteiger partial charge in [0.1, 0.15) is 11.5 Å². The Bertz CT molecular complexity index is 1010. The lowest BCUT2D eigenvalue weighted by Gasteiger charge is -2.06. The zero-order valence-corrected chi connectivity index (χ0v) is 13.9. The Hall–Kier alpha value is -2.59. The number of hydrogen-bond donors (Lipinski definition) is 0. The van der Waals surface area contributed by atoms with E-state index in [-0.39, 0.29) is 5.82 Å². The number of rotatable bonds is 3. The fourth-order valence-corrected chi connectivity index (χ4v) is 3.29. The average molecular weight is 334 g/mol. The van der Waals surface area contributed by atoms with Crippen LogP contribution in [0.5, 0.6) is 0 Å². The first-order valence-electron chi connectivity index (χ1n) is 7.64. The van der Waals surface area contributed by atoms with E-state index < -0.39 is 0 Å². The molecule has 4 heteroatoms. The Kier molecular flexibility index (Phi) is 3.82. The third-order valence-electron chi connectivity index (χ3n) is 4.05. The molecule has 0 bridgehead atoms. The Labute approximate surface area is 144 Å². The van der Waals surface area contributed by atoms with Crippen molar-refractivity contribution in [3.05, 3.63) is 78.7 Å². The molecule has 2 aromatic heterocycles. The molecule has 0 aliphatic heterocycles. The number of thioether (sulfide) groups is 1. The predicted molar refractivity (Wildman–Crippen MR) is 97.8 cm³/mol. The Balaban J connectivity index is 2.01. The SMILES string of the molecule is CSc1ccc(-c2c(-c3ccccc3F)nn3ccccc23)cc1. The zero-order chi connectivity index (χ0) is 16.5. The minimum absolute atomic E-state index is 0.261. The molecule has 118 valence electrons. The number of pyridine rings is 1. The maximum Gasteiger partial charge on any atom is 0.132 e. The highest BCUT2D eigenvalue weighted by Gasteiger charge is 2.18. The first-order valence-corrected chi connectivity index (χ1v) is 8.87. The first-order chi connectivity index (χ1) is 11.8. The number of halogens is 1. The van der Waals surface area contributed by atoms with Crippen LogP contribution < -0.4 is 0 Å². The molecule has 0 spiro atoms. The standard InChI is InChI=1S/C20H15FN2S/c1-24-15-11-9-14(10-12-15)19-18-8-4-5-13-23(18)22-20(19)16-6-2-3-7-17(16)21/h2-13H,1H3. The smallest absolute Gasteiger partial charge is 0.132 e. The third kappa shape index (κ3) is 2.49. The van der Waals surface area contributed by atoms with Gasteiger partial charge in [0.15, 0.2) is 0 Å². The van der Waals surface area contributed by atoms with Gasteiger partial charge in [0.2, 0.25) is 0 Å². The van der Waals surface area contributed by atoms with Gasteiger partial charge >= 0.3 is 0 Å². The van der Waals surface area contributed by atoms with Gasteiger partial charge in [0.25, 0.3) is 0 Å². The van der Waals surface area contributed by atoms with Crippen LogP contribution in [0.3, 0.4) is 0 Å². The van der Waals surface area contributed by atoms with Gasteiger partial charge in [-0.1, -0.05) is 30.3 Å². The molecule has 2 nitrogen and oxygen atoms in total. The van der Waals surface area contributed by atoms with Crippen molar-refractivity contribution in [2.75, 3.05) is 6.26 Å². The molecule has 0 amide bonds. The van der Waals surface area contributed by atoms with E-state index in [1.54, 1.807) is 28.4 Å². The minimum Gasteiger partial charge on any atom is -0.240 e. The van der Waals surface area contributed by atoms with Crippen molar-refractivity contribution in [1.29, 1.82) is 0 Å². The van der Waals surface area contributed by atoms with E-state index in [0.717, 1.165) is 16.6 Å². The van der Waals surface area contributed by atoms with Crippen LogP contribution in [0.15, 0.2) is 77.8 Å². The number of benzene rings is 2. The van der Waals surface area contributed by atoms with Crippen LogP contribution in [0.1, 0.15) is 0 Å². The van der Waals surface area contributed by atoms with E-state index in [1.165, 1.54) is 11.0 Å². The lowest BCUT2D eigenvalue weighted by molar-refractivity contribution is 0.630. The Morgan fingerprint density at radius 1 is 0.917 bits per heavy atom. The van der Waals surface area contributed by atoms with Crippen molar-refractivity contribution in [1.82, 2.24) is 9.61 Å². The molecular formula is C20H15FN2S. The summed E-state index contributed by atoms with van der Waals surface area (Å²) in [5.74, 6) is -0.261. The third-order valence-corrected chi connectivity index (χ3v) is 4.79. The normalized spacial score (nSPS) is 11.1. The quantitative estimate of drug-likeness (QED) is 0.458. The summed E-state index contributed by atoms with van der Waals surface area (Å²) in [7, 11) is 0. The number of aromatic nitrogens is 2. The van der Waals surface area contributed by atoms with E-state index in [2.05, 4.69) is 35.6 Å². The van der Waals surface area contributed by atoms with Crippen LogP contribution in [0.2, 0.25) is 0 Å². The van der Waals surface area contributed by atoms with E-state index in [1.807, 2.05) is 30.5 Å². The van der Waals surface area contributed by atoms with Gasteiger partial charge in [0, 0.05) is 22.2 Å². The average Bonchev–Trinajstić information content (AvgIpc) is 3.01. The van der Waals surface area contributed by atoms with Crippen molar-refractivity contribution in [3.8, 4) is 22.4 Å². The molecule has 0 aliphatic rings. The van der Waals surface area contributed by atoms with Gasteiger partial charge in [-0.05, 0) is 48.2 Å². The van der Waals surface area contributed by atoms with Crippen molar-refractivity contribution in [2.24, 2.45) is 0 Å². The van der Waals surface area contributed by atoms with Gasteiger partial charge in [-0.3, -0.25) is 0 Å². The van der Waals surface area contributed by atoms with Crippen molar-refractivity contribution >= 4 is 17.3 Å². The molecule has 2 heterocycles. The van der Waals surface area contributed by atoms with E-state index in [4.69, 9.17) is 0 Å². The number of fused-ring (bicyclic) bond motifs is 1. The molecule has 0 fully saturated rings. The summed E-state index contributed by atoms with van der Waals surface area (Å²) < 4.78 is 16.2. The maximum atomic E-state index is 14.4. The predicted octanol–water partition coefficient (Wildman–Crippen LogP) is 5.53. The van der Waals surface area contributed by atoms with Gasteiger partial charge in [-0.25, -0.2) is 8.91 Å². The molecule has 4 rings (SSSR count). The fourth-order valence-electron chi connectivity index (χ4n) is 2.88. The summed E-state index contributed by atoms with van der Waals surface area (Å²) >= 11 is 1.70. The van der Waals surface area contributed by atoms with Crippen molar-refractivity contribution in [3.63, 3.8) is 0 Å². The molecule has 0 N–H and O–H groups in total. The summed E-state index contributed by atoms with van der Waals surface area (Å²) in [5, 5.41) is 4.63. The molecule has 0 saturated heterocycles. The second-order valence-corrected chi connectivity index (χ2v) is 6.34. The monoisotopic (exact) mass is 334 g/mol. The largest absolute Gasteiger partial charge is 0.240 e. The molecule has 0 atom stereocenters. The molecule has 0 radical (unpaired) electrons. The van der Waals surface area contributed by atoms with Crippen LogP contribution >= 0.6 is 11.8 Å². The first kappa shape index (κ1) is 15.0. The maximum absolute atomic E-state index is 14.4. The van der Waals surface area contributed by atoms with Gasteiger partial charge in [-0.15, -0.1) is 11.8 Å². The van der Waals surface area contributed by atoms with E-state index in [0.29, 0.717) is 11.3 Å². The van der Waals surface area contributed by atoms with Crippen molar-refractivity contribution < 1.29 is 4.39 Å². The van der Waals surface area contributed by atoms with E-state index in [9.17, 15) is 4.39 Å². The van der Waals surface area contributed by atoms with Crippen LogP contribution in [-0.2, 0) is 0 Å². The molecule has 24 heavy (non-hydrogen) atoms. The summed E-state index contributed by atoms with van der Waals surface area (Å²) in [6.07, 6.45) is 3.94. The summed E-state index contributed by atoms with van der Waals surface area (Å²) in [6.45, 7) is 0. The molecule has 0 unspecified atom stereocenters. The highest BCUT2D eigenvalue weighted by Crippen LogP contribution is 2.36. The van der Waals surface area contributed by atoms with Gasteiger partial charge in [0.05, 0.1) is 5.52 Å². The summed E-state index contributed by atoms with van der Waals surface area (Å²) in [5.41, 5.74) is 4.13. The molecule has 0 aliphatic carbocycles. The Morgan fingerprint density at radius 2 is 1.67 bits per heavy atom. The molecule has 2 aromatic carbocycles. The highest BCUT2D eigenvalue weighted by atomic mass is 32.2. The van der Waals surface area contributed by atoms with Gasteiger partial charge in [-0.2, -0.15) is 5.10 Å². The second-order valence-electron chi connectivity index (χ2n) is 5.46. The molecule has 0 saturated carbocycles. The molecular weight excluding hydrogens is 319 g/mol. The Morgan fingerprint density at radius 3 is 2.42 bits per heavy atom. The number of hydrogen-bond acceptors (Lipinski definition) is 2. The molecule has 4 aromatic rings. The fraction of sp³-hybridized carbons (Fsp3) is 0.0500. The summed E-state index contributed by atoms with van der Waals surface area (Å²) in [6, 6.07) is 21.0.